The molecule has 14 heteroatoms. The van der Waals surface area contributed by atoms with E-state index in [4.69, 9.17) is 18.9 Å². The first-order valence-corrected chi connectivity index (χ1v) is 37.0. The second-order valence-corrected chi connectivity index (χ2v) is 26.1. The van der Waals surface area contributed by atoms with Crippen molar-refractivity contribution in [2.24, 2.45) is 0 Å². The number of carbonyl (C=O) groups is 1. The Morgan fingerprint density at radius 2 is 0.753 bits per heavy atom. The summed E-state index contributed by atoms with van der Waals surface area (Å²) in [5, 5.41) is 87.5. The molecule has 89 heavy (non-hydrogen) atoms. The molecule has 1 amide bonds. The van der Waals surface area contributed by atoms with Crippen LogP contribution < -0.4 is 5.32 Å². The number of aliphatic hydroxyl groups excluding tert-OH is 8. The van der Waals surface area contributed by atoms with Crippen LogP contribution in [0.5, 0.6) is 0 Å². The van der Waals surface area contributed by atoms with Crippen LogP contribution in [0.25, 0.3) is 0 Å². The van der Waals surface area contributed by atoms with Gasteiger partial charge in [-0.3, -0.25) is 4.79 Å². The zero-order valence-corrected chi connectivity index (χ0v) is 56.7. The lowest BCUT2D eigenvalue weighted by molar-refractivity contribution is -0.359. The number of allylic oxidation sites excluding steroid dienone is 9. The highest BCUT2D eigenvalue weighted by Gasteiger charge is 2.51. The van der Waals surface area contributed by atoms with Crippen LogP contribution in [0.2, 0.25) is 0 Å². The summed E-state index contributed by atoms with van der Waals surface area (Å²) in [7, 11) is 0. The molecule has 0 aliphatic carbocycles. The van der Waals surface area contributed by atoms with Crippen LogP contribution in [0, 0.1) is 0 Å². The van der Waals surface area contributed by atoms with E-state index in [1.807, 2.05) is 6.08 Å². The molecule has 12 unspecified atom stereocenters. The molecular formula is C75H137NO13. The van der Waals surface area contributed by atoms with Gasteiger partial charge in [0.1, 0.15) is 48.8 Å². The molecule has 14 nitrogen and oxygen atoms in total. The van der Waals surface area contributed by atoms with Crippen LogP contribution in [-0.2, 0) is 23.7 Å². The summed E-state index contributed by atoms with van der Waals surface area (Å²) in [6.45, 7) is 2.80. The van der Waals surface area contributed by atoms with Crippen LogP contribution in [0.3, 0.4) is 0 Å². The average molecular weight is 1260 g/mol. The average Bonchev–Trinajstić information content (AvgIpc) is 3.63. The Morgan fingerprint density at radius 1 is 0.404 bits per heavy atom. The second kappa shape index (κ2) is 59.4. The molecule has 520 valence electrons. The van der Waals surface area contributed by atoms with E-state index in [0.29, 0.717) is 12.8 Å². The smallest absolute Gasteiger partial charge is 0.220 e. The third-order valence-electron chi connectivity index (χ3n) is 17.9. The quantitative estimate of drug-likeness (QED) is 0.0204. The van der Waals surface area contributed by atoms with Crippen LogP contribution in [-0.4, -0.2) is 140 Å². The largest absolute Gasteiger partial charge is 0.394 e. The Morgan fingerprint density at radius 3 is 1.17 bits per heavy atom. The summed E-state index contributed by atoms with van der Waals surface area (Å²) in [5.74, 6) is -0.253. The van der Waals surface area contributed by atoms with Crippen molar-refractivity contribution in [3.8, 4) is 0 Å². The molecule has 12 atom stereocenters. The monoisotopic (exact) mass is 1260 g/mol. The number of amides is 1. The van der Waals surface area contributed by atoms with Crippen molar-refractivity contribution in [1.82, 2.24) is 5.32 Å². The fraction of sp³-hybridized carbons (Fsp3) is 0.853. The van der Waals surface area contributed by atoms with E-state index in [0.717, 1.165) is 51.4 Å². The highest BCUT2D eigenvalue weighted by Crippen LogP contribution is 2.30. The van der Waals surface area contributed by atoms with Gasteiger partial charge in [-0.25, -0.2) is 0 Å². The highest BCUT2D eigenvalue weighted by molar-refractivity contribution is 5.76. The fourth-order valence-corrected chi connectivity index (χ4v) is 12.0. The zero-order chi connectivity index (χ0) is 64.5. The molecule has 0 saturated carbocycles. The molecule has 0 spiro atoms. The normalized spacial score (nSPS) is 23.3. The molecule has 0 aromatic rings. The van der Waals surface area contributed by atoms with Gasteiger partial charge in [0.2, 0.25) is 5.91 Å². The van der Waals surface area contributed by atoms with Gasteiger partial charge >= 0.3 is 0 Å². The van der Waals surface area contributed by atoms with Gasteiger partial charge in [-0.05, 0) is 77.0 Å². The molecule has 2 rings (SSSR count). The number of nitrogens with one attached hydrogen (secondary N) is 1. The molecule has 0 radical (unpaired) electrons. The van der Waals surface area contributed by atoms with Crippen LogP contribution in [0.4, 0.5) is 0 Å². The van der Waals surface area contributed by atoms with E-state index in [2.05, 4.69) is 67.8 Å². The van der Waals surface area contributed by atoms with E-state index >= 15 is 0 Å². The van der Waals surface area contributed by atoms with Crippen molar-refractivity contribution in [2.75, 3.05) is 19.8 Å². The Labute approximate surface area is 543 Å². The third-order valence-corrected chi connectivity index (χ3v) is 17.9. The maximum absolute atomic E-state index is 13.3. The summed E-state index contributed by atoms with van der Waals surface area (Å²) in [6.07, 6.45) is 62.9. The van der Waals surface area contributed by atoms with Crippen LogP contribution >= 0.6 is 0 Å². The van der Waals surface area contributed by atoms with Gasteiger partial charge in [-0.15, -0.1) is 0 Å². The molecule has 0 bridgehead atoms. The van der Waals surface area contributed by atoms with Crippen LogP contribution in [0.15, 0.2) is 60.8 Å². The SMILES string of the molecule is CCCCCCC/C=C\C/C=C\CCCCCCCCCCCCCC(=O)NC(COC1OC(CO)C(OC2OC(CO)C(O)C(O)C2O)C(O)C1O)C(O)/C=C/CC/C=C/CC/C=C/CCCCCCCCCCCCCCCCCCCCCCCC. The first-order valence-electron chi connectivity index (χ1n) is 37.0. The number of unbranched alkanes of at least 4 members (excludes halogenated alkanes) is 40. The third kappa shape index (κ3) is 43.3. The van der Waals surface area contributed by atoms with Crippen molar-refractivity contribution < 1.29 is 64.6 Å². The first-order chi connectivity index (χ1) is 43.6. The number of hydrogen-bond acceptors (Lipinski definition) is 13. The zero-order valence-electron chi connectivity index (χ0n) is 56.7. The molecular weight excluding hydrogens is 1120 g/mol. The number of aliphatic hydroxyl groups is 8. The minimum atomic E-state index is -1.80. The Kier molecular flexibility index (Phi) is 55.3. The molecule has 2 aliphatic rings. The van der Waals surface area contributed by atoms with E-state index in [9.17, 15) is 45.6 Å². The van der Waals surface area contributed by atoms with Crippen molar-refractivity contribution in [3.05, 3.63) is 60.8 Å². The number of carbonyl (C=O) groups excluding carboxylic acids is 1. The number of hydrogen-bond donors (Lipinski definition) is 9. The standard InChI is InChI=1S/C75H137NO13/c1-3-5-7-9-11-13-15-17-19-21-23-25-27-28-29-30-31-32-33-34-35-37-38-40-42-44-46-48-50-52-54-56-58-64(79)63(62-86-74-72(85)70(83)73(66(61-78)88-74)89-75-71(84)69(82)68(81)65(60-77)87-75)76-67(80)59-57-55-53-51-49-47-45-43-41-39-36-26-24-22-20-18-16-14-12-10-8-6-4-2/h16,18,22,24,40,42,48,50,56,58,63-66,68-75,77-79,81-85H,3-15,17,19-21,23,25-39,41,43-47,49,51-55,57,59-62H2,1-2H3,(H,76,80)/b18-16-,24-22-,42-40+,50-48+,58-56+. The van der Waals surface area contributed by atoms with Gasteiger partial charge in [-0.2, -0.15) is 0 Å². The molecule has 2 heterocycles. The van der Waals surface area contributed by atoms with E-state index in [1.54, 1.807) is 6.08 Å². The summed E-state index contributed by atoms with van der Waals surface area (Å²) in [4.78, 5) is 13.3. The lowest BCUT2D eigenvalue weighted by Crippen LogP contribution is -2.65. The topological polar surface area (TPSA) is 228 Å². The minimum absolute atomic E-state index is 0.253. The predicted octanol–water partition coefficient (Wildman–Crippen LogP) is 15.6. The van der Waals surface area contributed by atoms with Gasteiger partial charge in [0.05, 0.1) is 32.0 Å². The lowest BCUT2D eigenvalue weighted by Gasteiger charge is -2.46. The highest BCUT2D eigenvalue weighted by atomic mass is 16.7. The summed E-state index contributed by atoms with van der Waals surface area (Å²) in [6, 6.07) is -0.943. The maximum Gasteiger partial charge on any atom is 0.220 e. The van der Waals surface area contributed by atoms with Gasteiger partial charge in [-0.1, -0.05) is 293 Å². The Hall–Kier alpha value is -2.31. The summed E-state index contributed by atoms with van der Waals surface area (Å²) >= 11 is 0. The Bertz CT molecular complexity index is 1720. The molecule has 0 aromatic carbocycles. The number of rotatable bonds is 61. The molecule has 2 saturated heterocycles. The summed E-state index contributed by atoms with van der Waals surface area (Å²) in [5.41, 5.74) is 0. The molecule has 0 aromatic heterocycles. The minimum Gasteiger partial charge on any atom is -0.394 e. The molecule has 9 N–H and O–H groups in total. The van der Waals surface area contributed by atoms with Gasteiger partial charge in [0.15, 0.2) is 12.6 Å². The summed E-state index contributed by atoms with van der Waals surface area (Å²) < 4.78 is 22.8. The van der Waals surface area contributed by atoms with Crippen molar-refractivity contribution in [3.63, 3.8) is 0 Å². The fourth-order valence-electron chi connectivity index (χ4n) is 12.0. The van der Waals surface area contributed by atoms with Gasteiger partial charge in [0, 0.05) is 6.42 Å². The van der Waals surface area contributed by atoms with E-state index in [-0.39, 0.29) is 18.9 Å². The first kappa shape index (κ1) is 82.8. The van der Waals surface area contributed by atoms with Crippen LogP contribution in [0.1, 0.15) is 316 Å². The Balaban J connectivity index is 1.68. The van der Waals surface area contributed by atoms with Crippen molar-refractivity contribution in [1.29, 1.82) is 0 Å². The predicted molar refractivity (Wildman–Crippen MR) is 364 cm³/mol. The van der Waals surface area contributed by atoms with Crippen molar-refractivity contribution >= 4 is 5.91 Å². The van der Waals surface area contributed by atoms with E-state index in [1.165, 1.54) is 231 Å². The van der Waals surface area contributed by atoms with Crippen molar-refractivity contribution in [2.45, 2.75) is 389 Å². The molecule has 2 aliphatic heterocycles. The number of ether oxygens (including phenoxy) is 4. The van der Waals surface area contributed by atoms with Gasteiger partial charge in [0.25, 0.3) is 0 Å². The van der Waals surface area contributed by atoms with Gasteiger partial charge < -0.3 is 65.1 Å². The molecule has 2 fully saturated rings. The lowest BCUT2D eigenvalue weighted by atomic mass is 9.97. The maximum atomic E-state index is 13.3. The van der Waals surface area contributed by atoms with E-state index < -0.39 is 86.8 Å². The second-order valence-electron chi connectivity index (χ2n) is 26.1.